The number of hydrogen-bond donors (Lipinski definition) is 0. The van der Waals surface area contributed by atoms with Crippen LogP contribution in [0.5, 0.6) is 0 Å². The van der Waals surface area contributed by atoms with E-state index in [1.54, 1.807) is 15.9 Å². The summed E-state index contributed by atoms with van der Waals surface area (Å²) >= 11 is 6.41. The highest BCUT2D eigenvalue weighted by Crippen LogP contribution is 2.37. The molecule has 170 valence electrons. The van der Waals surface area contributed by atoms with Gasteiger partial charge in [0.2, 0.25) is 5.78 Å². The molecule has 0 saturated carbocycles. The number of benzene rings is 2. The molecule has 3 heterocycles. The van der Waals surface area contributed by atoms with Gasteiger partial charge < -0.3 is 0 Å². The number of thiophene rings is 1. The number of nitrogens with zero attached hydrogens (tertiary/aromatic N) is 4. The van der Waals surface area contributed by atoms with Crippen molar-refractivity contribution in [2.75, 3.05) is 5.75 Å². The Morgan fingerprint density at radius 3 is 2.76 bits per heavy atom. The molecule has 5 aromatic rings. The Hall–Kier alpha value is -2.75. The normalized spacial score (nSPS) is 13.1. The second-order valence-corrected chi connectivity index (χ2v) is 11.3. The third-order valence-electron chi connectivity index (χ3n) is 6.10. The van der Waals surface area contributed by atoms with Crippen LogP contribution in [0.3, 0.4) is 0 Å². The summed E-state index contributed by atoms with van der Waals surface area (Å²) in [6.45, 7) is 2.01. The van der Waals surface area contributed by atoms with Crippen molar-refractivity contribution in [3.63, 3.8) is 0 Å². The maximum Gasteiger partial charge on any atom is 0.268 e. The summed E-state index contributed by atoms with van der Waals surface area (Å²) < 4.78 is 4.55. The van der Waals surface area contributed by atoms with E-state index in [-0.39, 0.29) is 17.1 Å². The highest BCUT2D eigenvalue weighted by Gasteiger charge is 2.26. The average Bonchev–Trinajstić information content (AvgIpc) is 3.52. The second kappa shape index (κ2) is 8.48. The highest BCUT2D eigenvalue weighted by molar-refractivity contribution is 9.10. The molecule has 1 aliphatic rings. The third kappa shape index (κ3) is 3.54. The second-order valence-electron chi connectivity index (χ2n) is 8.35. The average molecular weight is 551 g/mol. The maximum absolute atomic E-state index is 13.8. The number of aromatic nitrogens is 4. The van der Waals surface area contributed by atoms with E-state index >= 15 is 0 Å². The van der Waals surface area contributed by atoms with Crippen molar-refractivity contribution >= 4 is 60.8 Å². The number of thioether (sulfide) groups is 1. The van der Waals surface area contributed by atoms with Crippen LogP contribution in [0.15, 0.2) is 63.0 Å². The Labute approximate surface area is 211 Å². The first-order chi connectivity index (χ1) is 16.5. The molecule has 0 saturated heterocycles. The van der Waals surface area contributed by atoms with Crippen molar-refractivity contribution in [1.82, 2.24) is 19.2 Å². The molecule has 9 heteroatoms. The fourth-order valence-corrected chi connectivity index (χ4v) is 7.03. The van der Waals surface area contributed by atoms with E-state index < -0.39 is 0 Å². The minimum absolute atomic E-state index is 0.0196. The maximum atomic E-state index is 13.8. The smallest absolute Gasteiger partial charge is 0.268 e. The van der Waals surface area contributed by atoms with Crippen LogP contribution >= 0.6 is 39.0 Å². The summed E-state index contributed by atoms with van der Waals surface area (Å²) in [5, 5.41) is 10.2. The number of fused-ring (bicyclic) bond motifs is 5. The molecule has 0 aliphatic heterocycles. The Morgan fingerprint density at radius 1 is 1.15 bits per heavy atom. The largest absolute Gasteiger partial charge is 0.293 e. The first-order valence-electron chi connectivity index (χ1n) is 10.9. The SMILES string of the molecule is Cc1cccc(-n2c(=O)c3c4c(sc3n3c(SCC(=O)c5ccc(Br)cc5)nnc23)CCC4)c1. The predicted octanol–water partition coefficient (Wildman–Crippen LogP) is 5.63. The van der Waals surface area contributed by atoms with Crippen molar-refractivity contribution in [3.8, 4) is 5.69 Å². The molecule has 0 bridgehead atoms. The van der Waals surface area contributed by atoms with E-state index in [0.29, 0.717) is 16.5 Å². The van der Waals surface area contributed by atoms with Gasteiger partial charge in [-0.05, 0) is 61.6 Å². The van der Waals surface area contributed by atoms with E-state index in [0.717, 1.165) is 50.8 Å². The van der Waals surface area contributed by atoms with Crippen LogP contribution in [0.4, 0.5) is 0 Å². The molecule has 0 spiro atoms. The molecule has 0 fully saturated rings. The van der Waals surface area contributed by atoms with Crippen LogP contribution in [0.2, 0.25) is 0 Å². The first-order valence-corrected chi connectivity index (χ1v) is 13.5. The lowest BCUT2D eigenvalue weighted by atomic mass is 10.2. The molecule has 6 rings (SSSR count). The van der Waals surface area contributed by atoms with Crippen LogP contribution < -0.4 is 5.56 Å². The molecule has 0 radical (unpaired) electrons. The van der Waals surface area contributed by atoms with Crippen LogP contribution in [0.1, 0.15) is 32.8 Å². The number of carbonyl (C=O) groups is 1. The molecule has 0 amide bonds. The number of halogens is 1. The molecular formula is C25H19BrN4O2S2. The third-order valence-corrected chi connectivity index (χ3v) is 8.83. The standard InChI is InChI=1S/C25H19BrN4O2S2/c1-14-4-2-5-17(12-14)29-22(32)21-18-6-3-7-20(18)34-23(21)30-24(29)27-28-25(30)33-13-19(31)15-8-10-16(26)11-9-15/h2,4-5,8-12H,3,6-7,13H2,1H3. The van der Waals surface area contributed by atoms with Crippen molar-refractivity contribution in [3.05, 3.63) is 84.9 Å². The minimum atomic E-state index is -0.0533. The Kier molecular flexibility index (Phi) is 5.43. The van der Waals surface area contributed by atoms with Gasteiger partial charge in [0.15, 0.2) is 10.9 Å². The summed E-state index contributed by atoms with van der Waals surface area (Å²) in [4.78, 5) is 28.7. The van der Waals surface area contributed by atoms with Crippen LogP contribution in [0.25, 0.3) is 21.7 Å². The number of aryl methyl sites for hydroxylation is 3. The number of ketones is 1. The molecule has 0 atom stereocenters. The molecule has 6 nitrogen and oxygen atoms in total. The van der Waals surface area contributed by atoms with Crippen LogP contribution in [-0.4, -0.2) is 30.7 Å². The highest BCUT2D eigenvalue weighted by atomic mass is 79.9. The van der Waals surface area contributed by atoms with Gasteiger partial charge in [-0.15, -0.1) is 21.5 Å². The lowest BCUT2D eigenvalue weighted by Crippen LogP contribution is -2.22. The van der Waals surface area contributed by atoms with Crippen molar-refractivity contribution < 1.29 is 4.79 Å². The number of carbonyl (C=O) groups excluding carboxylic acids is 1. The van der Waals surface area contributed by atoms with Crippen molar-refractivity contribution in [2.45, 2.75) is 31.3 Å². The van der Waals surface area contributed by atoms with E-state index in [9.17, 15) is 9.59 Å². The fraction of sp³-hybridized carbons (Fsp3) is 0.200. The van der Waals surface area contributed by atoms with Gasteiger partial charge in [0.1, 0.15) is 4.83 Å². The summed E-state index contributed by atoms with van der Waals surface area (Å²) in [5.74, 6) is 0.728. The zero-order chi connectivity index (χ0) is 23.4. The topological polar surface area (TPSA) is 69.3 Å². The van der Waals surface area contributed by atoms with Crippen LogP contribution in [0, 0.1) is 6.92 Å². The Bertz CT molecular complexity index is 1650. The van der Waals surface area contributed by atoms with Crippen LogP contribution in [-0.2, 0) is 12.8 Å². The van der Waals surface area contributed by atoms with Gasteiger partial charge in [-0.2, -0.15) is 0 Å². The molecule has 1 aliphatic carbocycles. The van der Waals surface area contributed by atoms with Gasteiger partial charge in [-0.25, -0.2) is 8.97 Å². The predicted molar refractivity (Wildman–Crippen MR) is 140 cm³/mol. The fourth-order valence-electron chi connectivity index (χ4n) is 4.50. The van der Waals surface area contributed by atoms with E-state index in [1.165, 1.54) is 16.6 Å². The first kappa shape index (κ1) is 21.8. The molecule has 0 unspecified atom stereocenters. The summed E-state index contributed by atoms with van der Waals surface area (Å²) in [6, 6.07) is 15.2. The van der Waals surface area contributed by atoms with Gasteiger partial charge >= 0.3 is 0 Å². The van der Waals surface area contributed by atoms with E-state index in [4.69, 9.17) is 0 Å². The van der Waals surface area contributed by atoms with Gasteiger partial charge in [-0.3, -0.25) is 9.59 Å². The van der Waals surface area contributed by atoms with Gasteiger partial charge in [0, 0.05) is 14.9 Å². The van der Waals surface area contributed by atoms with Crippen molar-refractivity contribution in [1.29, 1.82) is 0 Å². The summed E-state index contributed by atoms with van der Waals surface area (Å²) in [5.41, 5.74) is 3.59. The summed E-state index contributed by atoms with van der Waals surface area (Å²) in [7, 11) is 0. The van der Waals surface area contributed by atoms with Crippen molar-refractivity contribution in [2.24, 2.45) is 0 Å². The van der Waals surface area contributed by atoms with E-state index in [1.807, 2.05) is 59.9 Å². The quantitative estimate of drug-likeness (QED) is 0.209. The monoisotopic (exact) mass is 550 g/mol. The zero-order valence-electron chi connectivity index (χ0n) is 18.2. The van der Waals surface area contributed by atoms with Gasteiger partial charge in [0.25, 0.3) is 5.56 Å². The zero-order valence-corrected chi connectivity index (χ0v) is 21.5. The van der Waals surface area contributed by atoms with Gasteiger partial charge in [0.05, 0.1) is 16.8 Å². The Balaban J connectivity index is 1.51. The summed E-state index contributed by atoms with van der Waals surface area (Å²) in [6.07, 6.45) is 2.98. The van der Waals surface area contributed by atoms with E-state index in [2.05, 4.69) is 26.1 Å². The van der Waals surface area contributed by atoms with Gasteiger partial charge in [-0.1, -0.05) is 52.0 Å². The number of Topliss-reactive ketones (excluding diaryl/α,β-unsaturated/α-hetero) is 1. The lowest BCUT2D eigenvalue weighted by molar-refractivity contribution is 0.102. The molecular weight excluding hydrogens is 532 g/mol. The number of hydrogen-bond acceptors (Lipinski definition) is 6. The molecule has 2 aromatic carbocycles. The Morgan fingerprint density at radius 2 is 1.97 bits per heavy atom. The lowest BCUT2D eigenvalue weighted by Gasteiger charge is -2.10. The molecule has 34 heavy (non-hydrogen) atoms. The molecule has 0 N–H and O–H groups in total. The number of rotatable bonds is 5. The minimum Gasteiger partial charge on any atom is -0.293 e. The molecule has 3 aromatic heterocycles.